The standard InChI is InChI=1S/C17H16ClNO3/c1-21-12-4-6-16(22-2)10(7-12)8-14-13-5-3-11(18)9-15(13)19-17(14)20/h3-7,9,14H,8H2,1-2H3,(H,19,20)/t14-/m1/s1. The first-order valence-electron chi connectivity index (χ1n) is 6.93. The Labute approximate surface area is 134 Å². The van der Waals surface area contributed by atoms with E-state index in [1.165, 1.54) is 0 Å². The highest BCUT2D eigenvalue weighted by Gasteiger charge is 2.31. The fourth-order valence-electron chi connectivity index (χ4n) is 2.77. The number of halogens is 1. The number of hydrogen-bond donors (Lipinski definition) is 1. The van der Waals surface area contributed by atoms with E-state index < -0.39 is 0 Å². The van der Waals surface area contributed by atoms with Crippen LogP contribution in [-0.2, 0) is 11.2 Å². The Bertz CT molecular complexity index is 730. The van der Waals surface area contributed by atoms with Gasteiger partial charge in [-0.25, -0.2) is 0 Å². The maximum absolute atomic E-state index is 12.3. The fourth-order valence-corrected chi connectivity index (χ4v) is 2.94. The first-order valence-corrected chi connectivity index (χ1v) is 7.31. The molecule has 0 aromatic heterocycles. The van der Waals surface area contributed by atoms with Crippen molar-refractivity contribution in [3.05, 3.63) is 52.5 Å². The van der Waals surface area contributed by atoms with Gasteiger partial charge < -0.3 is 14.8 Å². The van der Waals surface area contributed by atoms with Crippen LogP contribution in [0.3, 0.4) is 0 Å². The lowest BCUT2D eigenvalue weighted by Crippen LogP contribution is -2.14. The summed E-state index contributed by atoms with van der Waals surface area (Å²) < 4.78 is 10.6. The number of carbonyl (C=O) groups excluding carboxylic acids is 1. The van der Waals surface area contributed by atoms with Crippen LogP contribution in [0.25, 0.3) is 0 Å². The number of benzene rings is 2. The summed E-state index contributed by atoms with van der Waals surface area (Å²) in [5.74, 6) is 1.21. The van der Waals surface area contributed by atoms with E-state index in [2.05, 4.69) is 5.32 Å². The van der Waals surface area contributed by atoms with Crippen molar-refractivity contribution < 1.29 is 14.3 Å². The van der Waals surface area contributed by atoms with Crippen molar-refractivity contribution in [1.82, 2.24) is 0 Å². The van der Waals surface area contributed by atoms with Gasteiger partial charge in [0.2, 0.25) is 5.91 Å². The number of ether oxygens (including phenoxy) is 2. The number of methoxy groups -OCH3 is 2. The van der Waals surface area contributed by atoms with E-state index >= 15 is 0 Å². The second kappa shape index (κ2) is 5.89. The van der Waals surface area contributed by atoms with E-state index in [0.717, 1.165) is 28.3 Å². The average Bonchev–Trinajstić information content (AvgIpc) is 2.82. The van der Waals surface area contributed by atoms with Gasteiger partial charge >= 0.3 is 0 Å². The highest BCUT2D eigenvalue weighted by atomic mass is 35.5. The van der Waals surface area contributed by atoms with E-state index in [1.807, 2.05) is 24.3 Å². The van der Waals surface area contributed by atoms with Crippen LogP contribution in [0.15, 0.2) is 36.4 Å². The molecule has 114 valence electrons. The van der Waals surface area contributed by atoms with Gasteiger partial charge in [-0.15, -0.1) is 0 Å². The van der Waals surface area contributed by atoms with Crippen molar-refractivity contribution >= 4 is 23.2 Å². The number of carbonyl (C=O) groups is 1. The molecule has 0 aliphatic carbocycles. The van der Waals surface area contributed by atoms with E-state index in [9.17, 15) is 4.79 Å². The molecule has 2 aromatic rings. The molecule has 1 N–H and O–H groups in total. The number of rotatable bonds is 4. The summed E-state index contributed by atoms with van der Waals surface area (Å²) in [7, 11) is 3.24. The van der Waals surface area contributed by atoms with Gasteiger partial charge in [-0.3, -0.25) is 4.79 Å². The minimum Gasteiger partial charge on any atom is -0.497 e. The Hall–Kier alpha value is -2.20. The van der Waals surface area contributed by atoms with Gasteiger partial charge in [0.25, 0.3) is 0 Å². The van der Waals surface area contributed by atoms with Crippen LogP contribution in [-0.4, -0.2) is 20.1 Å². The third kappa shape index (κ3) is 2.62. The summed E-state index contributed by atoms with van der Waals surface area (Å²) >= 11 is 5.98. The molecule has 1 aliphatic heterocycles. The van der Waals surface area contributed by atoms with Gasteiger partial charge in [0, 0.05) is 10.7 Å². The van der Waals surface area contributed by atoms with Gasteiger partial charge in [0.15, 0.2) is 0 Å². The second-order valence-electron chi connectivity index (χ2n) is 5.16. The predicted molar refractivity (Wildman–Crippen MR) is 86.1 cm³/mol. The number of fused-ring (bicyclic) bond motifs is 1. The molecule has 1 atom stereocenters. The minimum absolute atomic E-state index is 0.0258. The number of hydrogen-bond acceptors (Lipinski definition) is 3. The Kier molecular flexibility index (Phi) is 3.94. The molecule has 4 nitrogen and oxygen atoms in total. The molecule has 0 unspecified atom stereocenters. The molecule has 3 rings (SSSR count). The molecule has 0 bridgehead atoms. The van der Waals surface area contributed by atoms with Crippen molar-refractivity contribution in [3.63, 3.8) is 0 Å². The van der Waals surface area contributed by atoms with E-state index in [0.29, 0.717) is 11.4 Å². The van der Waals surface area contributed by atoms with Crippen molar-refractivity contribution in [1.29, 1.82) is 0 Å². The van der Waals surface area contributed by atoms with Crippen LogP contribution >= 0.6 is 11.6 Å². The number of anilines is 1. The van der Waals surface area contributed by atoms with Gasteiger partial charge in [-0.05, 0) is 47.9 Å². The molecule has 1 aliphatic rings. The van der Waals surface area contributed by atoms with Crippen LogP contribution < -0.4 is 14.8 Å². The maximum atomic E-state index is 12.3. The molecule has 0 saturated carbocycles. The normalized spacial score (nSPS) is 16.1. The van der Waals surface area contributed by atoms with Crippen LogP contribution in [0.5, 0.6) is 11.5 Å². The van der Waals surface area contributed by atoms with Crippen LogP contribution in [0.2, 0.25) is 5.02 Å². The molecule has 22 heavy (non-hydrogen) atoms. The molecule has 0 fully saturated rings. The third-order valence-electron chi connectivity index (χ3n) is 3.88. The first kappa shape index (κ1) is 14.7. The van der Waals surface area contributed by atoms with Crippen LogP contribution in [0, 0.1) is 0 Å². The molecule has 0 spiro atoms. The molecule has 1 heterocycles. The topological polar surface area (TPSA) is 47.6 Å². The van der Waals surface area contributed by atoms with Crippen LogP contribution in [0.4, 0.5) is 5.69 Å². The van der Waals surface area contributed by atoms with Gasteiger partial charge in [-0.1, -0.05) is 17.7 Å². The van der Waals surface area contributed by atoms with Crippen molar-refractivity contribution in [2.45, 2.75) is 12.3 Å². The molecule has 0 saturated heterocycles. The Morgan fingerprint density at radius 3 is 2.68 bits per heavy atom. The quantitative estimate of drug-likeness (QED) is 0.936. The summed E-state index contributed by atoms with van der Waals surface area (Å²) in [5, 5.41) is 3.49. The van der Waals surface area contributed by atoms with Crippen molar-refractivity contribution in [2.75, 3.05) is 19.5 Å². The number of nitrogens with one attached hydrogen (secondary N) is 1. The lowest BCUT2D eigenvalue weighted by atomic mass is 9.92. The smallest absolute Gasteiger partial charge is 0.232 e. The zero-order chi connectivity index (χ0) is 15.7. The Morgan fingerprint density at radius 2 is 1.95 bits per heavy atom. The maximum Gasteiger partial charge on any atom is 0.232 e. The third-order valence-corrected chi connectivity index (χ3v) is 4.11. The predicted octanol–water partition coefficient (Wildman–Crippen LogP) is 3.64. The molecule has 5 heteroatoms. The highest BCUT2D eigenvalue weighted by molar-refractivity contribution is 6.31. The van der Waals surface area contributed by atoms with Crippen molar-refractivity contribution in [3.8, 4) is 11.5 Å². The lowest BCUT2D eigenvalue weighted by molar-refractivity contribution is -0.117. The SMILES string of the molecule is COc1ccc(OC)c(C[C@H]2C(=O)Nc3cc(Cl)ccc32)c1. The lowest BCUT2D eigenvalue weighted by Gasteiger charge is -2.14. The van der Waals surface area contributed by atoms with Crippen molar-refractivity contribution in [2.24, 2.45) is 0 Å². The summed E-state index contributed by atoms with van der Waals surface area (Å²) in [6.07, 6.45) is 0.542. The van der Waals surface area contributed by atoms with Gasteiger partial charge in [-0.2, -0.15) is 0 Å². The van der Waals surface area contributed by atoms with Gasteiger partial charge in [0.1, 0.15) is 11.5 Å². The Balaban J connectivity index is 1.95. The minimum atomic E-state index is -0.256. The molecule has 1 amide bonds. The summed E-state index contributed by atoms with van der Waals surface area (Å²) in [5.41, 5.74) is 2.67. The highest BCUT2D eigenvalue weighted by Crippen LogP contribution is 2.38. The van der Waals surface area contributed by atoms with E-state index in [-0.39, 0.29) is 11.8 Å². The summed E-state index contributed by atoms with van der Waals surface area (Å²) in [4.78, 5) is 12.3. The fraction of sp³-hybridized carbons (Fsp3) is 0.235. The van der Waals surface area contributed by atoms with Crippen LogP contribution in [0.1, 0.15) is 17.0 Å². The number of amides is 1. The molecule has 0 radical (unpaired) electrons. The summed E-state index contributed by atoms with van der Waals surface area (Å²) in [6, 6.07) is 11.1. The molecular weight excluding hydrogens is 302 g/mol. The molecular formula is C17H16ClNO3. The zero-order valence-electron chi connectivity index (χ0n) is 12.4. The monoisotopic (exact) mass is 317 g/mol. The van der Waals surface area contributed by atoms with E-state index in [4.69, 9.17) is 21.1 Å². The Morgan fingerprint density at radius 1 is 1.14 bits per heavy atom. The largest absolute Gasteiger partial charge is 0.497 e. The second-order valence-corrected chi connectivity index (χ2v) is 5.59. The molecule has 2 aromatic carbocycles. The first-order chi connectivity index (χ1) is 10.6. The summed E-state index contributed by atoms with van der Waals surface area (Å²) in [6.45, 7) is 0. The average molecular weight is 318 g/mol. The zero-order valence-corrected chi connectivity index (χ0v) is 13.1. The van der Waals surface area contributed by atoms with Gasteiger partial charge in [0.05, 0.1) is 20.1 Å². The van der Waals surface area contributed by atoms with E-state index in [1.54, 1.807) is 26.4 Å².